The van der Waals surface area contributed by atoms with Gasteiger partial charge >= 0.3 is 10.1 Å². The molecule has 1 amide bonds. The highest BCUT2D eigenvalue weighted by molar-refractivity contribution is 8.26. The molecule has 9 heteroatoms. The van der Waals surface area contributed by atoms with Gasteiger partial charge in [0.15, 0.2) is 11.5 Å². The molecule has 0 bridgehead atoms. The molecule has 1 N–H and O–H groups in total. The summed E-state index contributed by atoms with van der Waals surface area (Å²) >= 11 is 6.06. The van der Waals surface area contributed by atoms with E-state index in [0.717, 1.165) is 17.3 Å². The fourth-order valence-corrected chi connectivity index (χ4v) is 4.32. The number of carbonyl (C=O) groups is 1. The van der Waals surface area contributed by atoms with Crippen LogP contribution in [0, 0.1) is 6.92 Å². The first kappa shape index (κ1) is 19.4. The number of amides is 1. The van der Waals surface area contributed by atoms with E-state index in [1.807, 2.05) is 6.92 Å². The van der Waals surface area contributed by atoms with Crippen LogP contribution in [-0.2, 0) is 14.9 Å². The predicted octanol–water partition coefficient (Wildman–Crippen LogP) is 3.26. The molecule has 1 heterocycles. The summed E-state index contributed by atoms with van der Waals surface area (Å²) in [4.78, 5) is 12.3. The number of thiocarbonyl (C=S) groups is 1. The Labute approximate surface area is 166 Å². The largest absolute Gasteiger partial charge is 0.493 e. The summed E-state index contributed by atoms with van der Waals surface area (Å²) in [5.74, 6) is -0.120. The van der Waals surface area contributed by atoms with Gasteiger partial charge in [-0.15, -0.1) is 0 Å². The Hall–Kier alpha value is -2.36. The smallest absolute Gasteiger partial charge is 0.339 e. The van der Waals surface area contributed by atoms with Crippen LogP contribution in [0.4, 0.5) is 0 Å². The molecule has 0 radical (unpaired) electrons. The second-order valence-electron chi connectivity index (χ2n) is 5.58. The average Bonchev–Trinajstić information content (AvgIpc) is 2.93. The van der Waals surface area contributed by atoms with Crippen LogP contribution in [0.2, 0.25) is 0 Å². The molecule has 0 aliphatic carbocycles. The van der Waals surface area contributed by atoms with E-state index < -0.39 is 10.1 Å². The Bertz CT molecular complexity index is 1040. The third-order valence-corrected chi connectivity index (χ3v) is 6.06. The summed E-state index contributed by atoms with van der Waals surface area (Å²) in [6.07, 6.45) is 1.52. The fraction of sp³-hybridized carbons (Fsp3) is 0.111. The molecule has 1 fully saturated rings. The van der Waals surface area contributed by atoms with E-state index in [9.17, 15) is 13.2 Å². The number of carbonyl (C=O) groups excluding carboxylic acids is 1. The molecular weight excluding hydrogens is 406 g/mol. The summed E-state index contributed by atoms with van der Waals surface area (Å²) < 4.78 is 36.3. The van der Waals surface area contributed by atoms with E-state index in [1.54, 1.807) is 30.3 Å². The number of rotatable bonds is 5. The van der Waals surface area contributed by atoms with Crippen LogP contribution in [0.1, 0.15) is 11.1 Å². The average molecular weight is 422 g/mol. The van der Waals surface area contributed by atoms with Gasteiger partial charge in [0.25, 0.3) is 5.91 Å². The summed E-state index contributed by atoms with van der Waals surface area (Å²) in [5.41, 5.74) is 1.31. The Kier molecular flexibility index (Phi) is 5.54. The van der Waals surface area contributed by atoms with Crippen molar-refractivity contribution >= 4 is 50.4 Å². The van der Waals surface area contributed by atoms with Crippen LogP contribution in [0.25, 0.3) is 6.08 Å². The summed E-state index contributed by atoms with van der Waals surface area (Å²) in [5, 5.41) is 2.51. The molecule has 27 heavy (non-hydrogen) atoms. The first-order chi connectivity index (χ1) is 12.8. The van der Waals surface area contributed by atoms with Gasteiger partial charge in [0.1, 0.15) is 9.22 Å². The van der Waals surface area contributed by atoms with Crippen molar-refractivity contribution in [2.45, 2.75) is 11.8 Å². The minimum absolute atomic E-state index is 0.000654. The van der Waals surface area contributed by atoms with Gasteiger partial charge in [0, 0.05) is 5.56 Å². The second kappa shape index (κ2) is 7.71. The molecular formula is C18H15NO5S3. The maximum Gasteiger partial charge on any atom is 0.339 e. The molecule has 2 aromatic rings. The van der Waals surface area contributed by atoms with E-state index in [1.165, 1.54) is 25.3 Å². The lowest BCUT2D eigenvalue weighted by Crippen LogP contribution is -2.17. The predicted molar refractivity (Wildman–Crippen MR) is 108 cm³/mol. The minimum Gasteiger partial charge on any atom is -0.493 e. The number of thioether (sulfide) groups is 1. The molecule has 140 valence electrons. The molecule has 2 aromatic carbocycles. The fourth-order valence-electron chi connectivity index (χ4n) is 2.32. The second-order valence-corrected chi connectivity index (χ2v) is 8.85. The maximum absolute atomic E-state index is 12.7. The Balaban J connectivity index is 2.04. The SMILES string of the molecule is COc1cccc(/C=C2\SC(=S)NC2=O)c1OS(=O)(=O)c1ccc(C)cc1. The summed E-state index contributed by atoms with van der Waals surface area (Å²) in [7, 11) is -2.68. The van der Waals surface area contributed by atoms with Crippen LogP contribution in [0.15, 0.2) is 52.3 Å². The zero-order valence-electron chi connectivity index (χ0n) is 14.4. The van der Waals surface area contributed by atoms with Crippen molar-refractivity contribution in [3.8, 4) is 11.5 Å². The summed E-state index contributed by atoms with van der Waals surface area (Å²) in [6.45, 7) is 1.86. The van der Waals surface area contributed by atoms with E-state index in [0.29, 0.717) is 14.8 Å². The van der Waals surface area contributed by atoms with Crippen LogP contribution in [0.5, 0.6) is 11.5 Å². The highest BCUT2D eigenvalue weighted by Crippen LogP contribution is 2.37. The maximum atomic E-state index is 12.7. The standard InChI is InChI=1S/C18H15NO5S3/c1-11-6-8-13(9-7-11)27(21,22)24-16-12(4-3-5-14(16)23-2)10-15-17(20)19-18(25)26-15/h3-10H,1-2H3,(H,19,20,25)/b15-10-. The Morgan fingerprint density at radius 3 is 2.44 bits per heavy atom. The molecule has 0 saturated carbocycles. The number of aryl methyl sites for hydroxylation is 1. The van der Waals surface area contributed by atoms with Gasteiger partial charge in [0.2, 0.25) is 0 Å². The molecule has 0 spiro atoms. The molecule has 6 nitrogen and oxygen atoms in total. The molecule has 1 aliphatic heterocycles. The van der Waals surface area contributed by atoms with Crippen molar-refractivity contribution in [1.82, 2.24) is 5.32 Å². The number of ether oxygens (including phenoxy) is 1. The van der Waals surface area contributed by atoms with Gasteiger partial charge in [-0.25, -0.2) is 0 Å². The van der Waals surface area contributed by atoms with Crippen LogP contribution in [-0.4, -0.2) is 25.8 Å². The molecule has 3 rings (SSSR count). The number of methoxy groups -OCH3 is 1. The van der Waals surface area contributed by atoms with Crippen molar-refractivity contribution in [1.29, 1.82) is 0 Å². The van der Waals surface area contributed by atoms with Gasteiger partial charge in [-0.05, 0) is 31.2 Å². The lowest BCUT2D eigenvalue weighted by atomic mass is 10.1. The number of benzene rings is 2. The van der Waals surface area contributed by atoms with E-state index in [2.05, 4.69) is 5.32 Å². The van der Waals surface area contributed by atoms with Crippen molar-refractivity contribution in [2.75, 3.05) is 7.11 Å². The van der Waals surface area contributed by atoms with E-state index >= 15 is 0 Å². The molecule has 0 unspecified atom stereocenters. The zero-order valence-corrected chi connectivity index (χ0v) is 16.8. The number of nitrogens with one attached hydrogen (secondary N) is 1. The number of para-hydroxylation sites is 1. The monoisotopic (exact) mass is 421 g/mol. The van der Waals surface area contributed by atoms with Gasteiger partial charge in [-0.3, -0.25) is 4.79 Å². The highest BCUT2D eigenvalue weighted by Gasteiger charge is 2.25. The summed E-state index contributed by atoms with van der Waals surface area (Å²) in [6, 6.07) is 11.2. The zero-order chi connectivity index (χ0) is 19.6. The van der Waals surface area contributed by atoms with E-state index in [-0.39, 0.29) is 22.3 Å². The van der Waals surface area contributed by atoms with Gasteiger partial charge in [-0.2, -0.15) is 8.42 Å². The molecule has 1 saturated heterocycles. The minimum atomic E-state index is -4.09. The normalized spacial score (nSPS) is 15.7. The van der Waals surface area contributed by atoms with Crippen LogP contribution in [0.3, 0.4) is 0 Å². The highest BCUT2D eigenvalue weighted by atomic mass is 32.2. The number of hydrogen-bond acceptors (Lipinski definition) is 7. The van der Waals surface area contributed by atoms with Crippen molar-refractivity contribution in [3.05, 3.63) is 58.5 Å². The van der Waals surface area contributed by atoms with Crippen LogP contribution >= 0.6 is 24.0 Å². The third kappa shape index (κ3) is 4.32. The molecule has 0 aromatic heterocycles. The Morgan fingerprint density at radius 1 is 1.15 bits per heavy atom. The first-order valence-corrected chi connectivity index (χ1v) is 10.4. The topological polar surface area (TPSA) is 81.7 Å². The van der Waals surface area contributed by atoms with Crippen molar-refractivity contribution < 1.29 is 22.1 Å². The molecule has 0 atom stereocenters. The third-order valence-electron chi connectivity index (χ3n) is 3.66. The lowest BCUT2D eigenvalue weighted by molar-refractivity contribution is -0.115. The van der Waals surface area contributed by atoms with Gasteiger partial charge in [-0.1, -0.05) is 53.8 Å². The quantitative estimate of drug-likeness (QED) is 0.451. The van der Waals surface area contributed by atoms with Gasteiger partial charge in [0.05, 0.1) is 12.0 Å². The first-order valence-electron chi connectivity index (χ1n) is 7.73. The van der Waals surface area contributed by atoms with Crippen molar-refractivity contribution in [3.63, 3.8) is 0 Å². The molecule has 1 aliphatic rings. The van der Waals surface area contributed by atoms with Gasteiger partial charge < -0.3 is 14.2 Å². The number of hydrogen-bond donors (Lipinski definition) is 1. The Morgan fingerprint density at radius 2 is 1.85 bits per heavy atom. The van der Waals surface area contributed by atoms with Crippen LogP contribution < -0.4 is 14.2 Å². The lowest BCUT2D eigenvalue weighted by Gasteiger charge is -2.13. The van der Waals surface area contributed by atoms with E-state index in [4.69, 9.17) is 21.1 Å². The van der Waals surface area contributed by atoms with Crippen molar-refractivity contribution in [2.24, 2.45) is 0 Å².